The summed E-state index contributed by atoms with van der Waals surface area (Å²) >= 11 is 0. The van der Waals surface area contributed by atoms with Crippen LogP contribution in [0.1, 0.15) is 53.1 Å². The Morgan fingerprint density at radius 1 is 1.14 bits per heavy atom. The van der Waals surface area contributed by atoms with E-state index in [2.05, 4.69) is 37.5 Å². The predicted molar refractivity (Wildman–Crippen MR) is 91.2 cm³/mol. The molecule has 2 rings (SSSR count). The van der Waals surface area contributed by atoms with E-state index in [0.29, 0.717) is 13.0 Å². The smallest absolute Gasteiger partial charge is 0.179 e. The van der Waals surface area contributed by atoms with Gasteiger partial charge in [0, 0.05) is 25.2 Å². The Balaban J connectivity index is 2.08. The molecule has 1 aromatic carbocycles. The molecule has 0 bridgehead atoms. The second kappa shape index (κ2) is 7.41. The molecular weight excluding hydrogens is 272 g/mol. The van der Waals surface area contributed by atoms with Gasteiger partial charge in [0.25, 0.3) is 0 Å². The number of carbonyl (C=O) groups excluding carboxylic acids is 1. The Bertz CT molecular complexity index is 638. The molecule has 0 aliphatic rings. The van der Waals surface area contributed by atoms with Gasteiger partial charge in [0.05, 0.1) is 5.69 Å². The number of nitrogens with two attached hydrogens (primary N) is 1. The van der Waals surface area contributed by atoms with Crippen LogP contribution < -0.4 is 5.73 Å². The van der Waals surface area contributed by atoms with Gasteiger partial charge in [0.2, 0.25) is 0 Å². The lowest BCUT2D eigenvalue weighted by Crippen LogP contribution is -2.11. The van der Waals surface area contributed by atoms with Crippen LogP contribution in [-0.2, 0) is 25.9 Å². The zero-order valence-electron chi connectivity index (χ0n) is 13.9. The minimum Gasteiger partial charge on any atom is -0.342 e. The number of hydrogen-bond donors (Lipinski definition) is 1. The number of rotatable bonds is 7. The molecule has 0 radical (unpaired) electrons. The molecule has 1 aromatic heterocycles. The summed E-state index contributed by atoms with van der Waals surface area (Å²) < 4.78 is 2.16. The molecule has 0 aliphatic heterocycles. The highest BCUT2D eigenvalue weighted by Gasteiger charge is 2.16. The van der Waals surface area contributed by atoms with Gasteiger partial charge in [-0.1, -0.05) is 31.2 Å². The predicted octanol–water partition coefficient (Wildman–Crippen LogP) is 3.65. The first-order valence-electron chi connectivity index (χ1n) is 8.10. The van der Waals surface area contributed by atoms with Crippen molar-refractivity contribution in [2.75, 3.05) is 0 Å². The maximum absolute atomic E-state index is 12.6. The average molecular weight is 298 g/mol. The van der Waals surface area contributed by atoms with Crippen molar-refractivity contribution < 1.29 is 4.79 Å². The lowest BCUT2D eigenvalue weighted by Gasteiger charge is -2.10. The van der Waals surface area contributed by atoms with E-state index in [-0.39, 0.29) is 5.78 Å². The zero-order chi connectivity index (χ0) is 16.1. The zero-order valence-corrected chi connectivity index (χ0v) is 13.9. The maximum Gasteiger partial charge on any atom is 0.179 e. The standard InChI is InChI=1S/C19H26N2O/c1-4-17-14(3)12-18(21(17)5-2)19(22)11-10-15-6-8-16(13-20)9-7-15/h6-9,12H,4-5,10-11,13,20H2,1-3H3. The van der Waals surface area contributed by atoms with Crippen LogP contribution >= 0.6 is 0 Å². The number of ketones is 1. The molecule has 0 saturated heterocycles. The SMILES string of the molecule is CCc1c(C)cc(C(=O)CCc2ccc(CN)cc2)n1CC. The van der Waals surface area contributed by atoms with E-state index in [1.165, 1.54) is 16.8 Å². The molecule has 0 unspecified atom stereocenters. The second-order valence-corrected chi connectivity index (χ2v) is 5.70. The molecule has 2 N–H and O–H groups in total. The van der Waals surface area contributed by atoms with Crippen LogP contribution in [0.5, 0.6) is 0 Å². The van der Waals surface area contributed by atoms with E-state index in [4.69, 9.17) is 5.73 Å². The largest absolute Gasteiger partial charge is 0.342 e. The molecule has 2 aromatic rings. The molecular formula is C19H26N2O. The van der Waals surface area contributed by atoms with Crippen LogP contribution in [0, 0.1) is 6.92 Å². The first-order chi connectivity index (χ1) is 10.6. The lowest BCUT2D eigenvalue weighted by molar-refractivity contribution is 0.0973. The topological polar surface area (TPSA) is 48.0 Å². The molecule has 22 heavy (non-hydrogen) atoms. The van der Waals surface area contributed by atoms with Crippen molar-refractivity contribution in [3.8, 4) is 0 Å². The van der Waals surface area contributed by atoms with Gasteiger partial charge < -0.3 is 10.3 Å². The number of aryl methyl sites for hydroxylation is 2. The highest BCUT2D eigenvalue weighted by atomic mass is 16.1. The van der Waals surface area contributed by atoms with Gasteiger partial charge in [0.15, 0.2) is 5.78 Å². The highest BCUT2D eigenvalue weighted by molar-refractivity contribution is 5.95. The third kappa shape index (κ3) is 3.47. The van der Waals surface area contributed by atoms with Crippen LogP contribution in [0.4, 0.5) is 0 Å². The number of aromatic nitrogens is 1. The highest BCUT2D eigenvalue weighted by Crippen LogP contribution is 2.19. The number of benzene rings is 1. The minimum absolute atomic E-state index is 0.229. The van der Waals surface area contributed by atoms with Crippen molar-refractivity contribution >= 4 is 5.78 Å². The Hall–Kier alpha value is -1.87. The van der Waals surface area contributed by atoms with Crippen LogP contribution in [0.2, 0.25) is 0 Å². The first kappa shape index (κ1) is 16.5. The van der Waals surface area contributed by atoms with E-state index < -0.39 is 0 Å². The van der Waals surface area contributed by atoms with Crippen molar-refractivity contribution in [1.82, 2.24) is 4.57 Å². The van der Waals surface area contributed by atoms with Crippen LogP contribution in [0.25, 0.3) is 0 Å². The fraction of sp³-hybridized carbons (Fsp3) is 0.421. The lowest BCUT2D eigenvalue weighted by atomic mass is 10.0. The Kier molecular flexibility index (Phi) is 5.56. The van der Waals surface area contributed by atoms with Crippen molar-refractivity contribution in [3.05, 3.63) is 58.4 Å². The molecule has 0 aliphatic carbocycles. The summed E-state index contributed by atoms with van der Waals surface area (Å²) in [6, 6.07) is 10.2. The van der Waals surface area contributed by atoms with Crippen LogP contribution in [0.3, 0.4) is 0 Å². The van der Waals surface area contributed by atoms with Crippen molar-refractivity contribution in [2.45, 2.75) is 53.1 Å². The molecule has 0 saturated carbocycles. The number of carbonyl (C=O) groups is 1. The summed E-state index contributed by atoms with van der Waals surface area (Å²) in [6.07, 6.45) is 2.29. The van der Waals surface area contributed by atoms with E-state index in [0.717, 1.165) is 30.6 Å². The number of hydrogen-bond acceptors (Lipinski definition) is 2. The summed E-state index contributed by atoms with van der Waals surface area (Å²) in [5.74, 6) is 0.229. The Morgan fingerprint density at radius 2 is 1.77 bits per heavy atom. The molecule has 3 heteroatoms. The third-order valence-corrected chi connectivity index (χ3v) is 4.26. The summed E-state index contributed by atoms with van der Waals surface area (Å²) in [6.45, 7) is 7.74. The van der Waals surface area contributed by atoms with Gasteiger partial charge in [-0.05, 0) is 49.4 Å². The van der Waals surface area contributed by atoms with Crippen LogP contribution in [0.15, 0.2) is 30.3 Å². The summed E-state index contributed by atoms with van der Waals surface area (Å²) in [7, 11) is 0. The van der Waals surface area contributed by atoms with Gasteiger partial charge in [0.1, 0.15) is 0 Å². The van der Waals surface area contributed by atoms with Gasteiger partial charge in [-0.15, -0.1) is 0 Å². The number of nitrogens with zero attached hydrogens (tertiary/aromatic N) is 1. The molecule has 1 heterocycles. The van der Waals surface area contributed by atoms with Gasteiger partial charge in [-0.3, -0.25) is 4.79 Å². The number of Topliss-reactive ketones (excluding diaryl/α,β-unsaturated/α-hetero) is 1. The fourth-order valence-electron chi connectivity index (χ4n) is 3.01. The second-order valence-electron chi connectivity index (χ2n) is 5.70. The average Bonchev–Trinajstić information content (AvgIpc) is 2.88. The van der Waals surface area contributed by atoms with Gasteiger partial charge >= 0.3 is 0 Å². The summed E-state index contributed by atoms with van der Waals surface area (Å²) in [4.78, 5) is 12.6. The minimum atomic E-state index is 0.229. The molecule has 0 atom stereocenters. The Labute approximate surface area is 133 Å². The Morgan fingerprint density at radius 3 is 2.32 bits per heavy atom. The first-order valence-corrected chi connectivity index (χ1v) is 8.10. The molecule has 118 valence electrons. The van der Waals surface area contributed by atoms with Gasteiger partial charge in [-0.25, -0.2) is 0 Å². The van der Waals surface area contributed by atoms with Crippen molar-refractivity contribution in [1.29, 1.82) is 0 Å². The molecule has 3 nitrogen and oxygen atoms in total. The van der Waals surface area contributed by atoms with E-state index in [1.54, 1.807) is 0 Å². The van der Waals surface area contributed by atoms with E-state index in [9.17, 15) is 4.79 Å². The molecule has 0 spiro atoms. The monoisotopic (exact) mass is 298 g/mol. The summed E-state index contributed by atoms with van der Waals surface area (Å²) in [5, 5.41) is 0. The third-order valence-electron chi connectivity index (χ3n) is 4.26. The van der Waals surface area contributed by atoms with Crippen molar-refractivity contribution in [3.63, 3.8) is 0 Å². The molecule has 0 fully saturated rings. The quantitative estimate of drug-likeness (QED) is 0.793. The fourth-order valence-corrected chi connectivity index (χ4v) is 3.01. The normalized spacial score (nSPS) is 10.9. The molecule has 0 amide bonds. The van der Waals surface area contributed by atoms with E-state index >= 15 is 0 Å². The van der Waals surface area contributed by atoms with Crippen molar-refractivity contribution in [2.24, 2.45) is 5.73 Å². The summed E-state index contributed by atoms with van der Waals surface area (Å²) in [5.41, 5.74) is 11.3. The van der Waals surface area contributed by atoms with Crippen LogP contribution in [-0.4, -0.2) is 10.4 Å². The van der Waals surface area contributed by atoms with E-state index in [1.807, 2.05) is 18.2 Å². The van der Waals surface area contributed by atoms with Gasteiger partial charge in [-0.2, -0.15) is 0 Å². The maximum atomic E-state index is 12.6.